The number of thiophene rings is 1. The van der Waals surface area contributed by atoms with E-state index in [1.807, 2.05) is 68.8 Å². The van der Waals surface area contributed by atoms with Gasteiger partial charge in [0.15, 0.2) is 17.2 Å². The molecule has 4 aromatic heterocycles. The SMILES string of the molecule is Cc1sc2c(c1C)C(c1ccc(Cl)cc1)=N[C@H](CC(=O)NCCOCCOCCOCCOCCOCCOCCN(C)C/C=C/C(=O)N1CCC[C@@H](n3nc(C(=O)Nc4ccc(CC(=O)N(C)C)c(C)c4C)c4c(N)ncnc43)C1)c1nnc(C)n1-2. The Bertz CT molecular complexity index is 3380. The molecule has 6 heterocycles. The number of likely N-dealkylation sites (tertiary alicyclic amines) is 1. The number of nitrogens with two attached hydrogens (primary N) is 1. The van der Waals surface area contributed by atoms with E-state index in [-0.39, 0.29) is 48.1 Å². The molecule has 2 aromatic carbocycles. The predicted octanol–water partition coefficient (Wildman–Crippen LogP) is 5.98. The summed E-state index contributed by atoms with van der Waals surface area (Å²) in [7, 11) is 5.41. The van der Waals surface area contributed by atoms with E-state index in [9.17, 15) is 19.2 Å². The molecule has 0 spiro atoms. The van der Waals surface area contributed by atoms with E-state index in [4.69, 9.17) is 55.8 Å². The Kier molecular flexibility index (Phi) is 24.4. The molecule has 468 valence electrons. The molecule has 8 rings (SSSR count). The molecule has 4 amide bonds. The van der Waals surface area contributed by atoms with E-state index >= 15 is 0 Å². The summed E-state index contributed by atoms with van der Waals surface area (Å²) in [6.45, 7) is 17.5. The standard InChI is InChI=1S/C61H81ClN14O10S/c1-39-40(2)48(18-15-45(39)35-52(79)72(6)7)68-60(80)56-54-57(63)65-38-66-59(54)76(71-56)47-11-9-21-74(37-47)51(78)12-10-20-73(8)22-24-82-26-28-84-30-32-86-34-33-85-31-29-83-27-25-81-23-19-64-50(77)36-49-58-70-69-43(5)75(58)61-53(41(3)42(4)87-61)55(67-49)44-13-16-46(62)17-14-44/h10,12-18,38,47,49H,9,11,19-37H2,1-8H3,(H,64,77)(H,68,80)(H2,63,65,66)/b12-10+/t47-,49-/m1/s1. The summed E-state index contributed by atoms with van der Waals surface area (Å²) in [5.41, 5.74) is 13.9. The molecule has 1 saturated heterocycles. The number of anilines is 2. The van der Waals surface area contributed by atoms with Crippen molar-refractivity contribution in [1.29, 1.82) is 0 Å². The van der Waals surface area contributed by atoms with Crippen LogP contribution in [0.4, 0.5) is 11.5 Å². The van der Waals surface area contributed by atoms with Crippen LogP contribution in [0.15, 0.2) is 59.9 Å². The Morgan fingerprint density at radius 1 is 0.805 bits per heavy atom. The number of aliphatic imine (C=N–C) groups is 1. The van der Waals surface area contributed by atoms with Gasteiger partial charge in [-0.2, -0.15) is 5.10 Å². The molecule has 1 fully saturated rings. The van der Waals surface area contributed by atoms with E-state index in [0.717, 1.165) is 62.8 Å². The predicted molar refractivity (Wildman–Crippen MR) is 333 cm³/mol. The van der Waals surface area contributed by atoms with Crippen LogP contribution in [0.3, 0.4) is 0 Å². The third kappa shape index (κ3) is 17.6. The molecule has 2 aliphatic heterocycles. The quantitative estimate of drug-likeness (QED) is 0.0324. The first-order valence-corrected chi connectivity index (χ1v) is 30.5. The van der Waals surface area contributed by atoms with Gasteiger partial charge >= 0.3 is 0 Å². The minimum Gasteiger partial charge on any atom is -0.383 e. The average Bonchev–Trinajstić information content (AvgIpc) is 1.79. The lowest BCUT2D eigenvalue weighted by Crippen LogP contribution is -2.40. The number of ether oxygens (including phenoxy) is 6. The van der Waals surface area contributed by atoms with Crippen LogP contribution in [0.1, 0.15) is 91.7 Å². The number of nitrogen functional groups attached to an aromatic ring is 1. The van der Waals surface area contributed by atoms with Crippen LogP contribution in [0, 0.1) is 34.6 Å². The van der Waals surface area contributed by atoms with Crippen molar-refractivity contribution < 1.29 is 47.6 Å². The maximum absolute atomic E-state index is 13.9. The van der Waals surface area contributed by atoms with Gasteiger partial charge in [0.2, 0.25) is 17.7 Å². The molecule has 0 radical (unpaired) electrons. The van der Waals surface area contributed by atoms with Crippen LogP contribution >= 0.6 is 22.9 Å². The normalized spacial score (nSPS) is 15.0. The van der Waals surface area contributed by atoms with Crippen molar-refractivity contribution in [3.63, 3.8) is 0 Å². The van der Waals surface area contributed by atoms with Gasteiger partial charge in [-0.25, -0.2) is 14.6 Å². The molecule has 0 saturated carbocycles. The lowest BCUT2D eigenvalue weighted by molar-refractivity contribution is -0.128. The van der Waals surface area contributed by atoms with Gasteiger partial charge in [-0.1, -0.05) is 35.9 Å². The fraction of sp³-hybridized carbons (Fsp3) is 0.508. The number of aromatic nitrogens is 7. The molecule has 2 aliphatic rings. The molecule has 24 nitrogen and oxygen atoms in total. The highest BCUT2D eigenvalue weighted by Crippen LogP contribution is 2.40. The van der Waals surface area contributed by atoms with Gasteiger partial charge in [-0.05, 0) is 95.0 Å². The number of likely N-dealkylation sites (N-methyl/N-ethyl adjacent to an activating group) is 2. The van der Waals surface area contributed by atoms with E-state index in [1.54, 1.807) is 52.1 Å². The first-order valence-electron chi connectivity index (χ1n) is 29.3. The minimum absolute atomic E-state index is 0.0135. The number of halogens is 1. The number of piperidine rings is 1. The zero-order chi connectivity index (χ0) is 62.0. The second-order valence-electron chi connectivity index (χ2n) is 21.6. The first-order chi connectivity index (χ1) is 42.0. The molecule has 2 atom stereocenters. The summed E-state index contributed by atoms with van der Waals surface area (Å²) in [6.07, 6.45) is 6.61. The number of carbonyl (C=O) groups is 4. The van der Waals surface area contributed by atoms with Crippen molar-refractivity contribution in [2.45, 2.75) is 72.4 Å². The Labute approximate surface area is 516 Å². The number of aryl methyl sites for hydroxylation is 2. The van der Waals surface area contributed by atoms with Crippen LogP contribution in [0.25, 0.3) is 16.0 Å². The van der Waals surface area contributed by atoms with Gasteiger partial charge in [-0.15, -0.1) is 21.5 Å². The van der Waals surface area contributed by atoms with E-state index < -0.39 is 11.9 Å². The highest BCUT2D eigenvalue weighted by atomic mass is 35.5. The lowest BCUT2D eigenvalue weighted by atomic mass is 9.98. The van der Waals surface area contributed by atoms with Crippen molar-refractivity contribution in [1.82, 2.24) is 54.5 Å². The van der Waals surface area contributed by atoms with Crippen LogP contribution in [-0.4, -0.2) is 212 Å². The summed E-state index contributed by atoms with van der Waals surface area (Å²) in [5.74, 6) is 0.735. The van der Waals surface area contributed by atoms with Crippen molar-refractivity contribution >= 4 is 74.8 Å². The maximum Gasteiger partial charge on any atom is 0.277 e. The number of nitrogens with one attached hydrogen (secondary N) is 2. The fourth-order valence-electron chi connectivity index (χ4n) is 10.1. The average molecular weight is 1240 g/mol. The number of fused-ring (bicyclic) bond motifs is 4. The van der Waals surface area contributed by atoms with Crippen LogP contribution < -0.4 is 16.4 Å². The Hall–Kier alpha value is -7.07. The molecule has 26 heteroatoms. The van der Waals surface area contributed by atoms with Crippen molar-refractivity contribution in [3.8, 4) is 5.00 Å². The Morgan fingerprint density at radius 2 is 1.46 bits per heavy atom. The van der Waals surface area contributed by atoms with Crippen molar-refractivity contribution in [2.75, 3.05) is 144 Å². The highest BCUT2D eigenvalue weighted by molar-refractivity contribution is 7.15. The second kappa shape index (κ2) is 32.2. The van der Waals surface area contributed by atoms with Crippen molar-refractivity contribution in [3.05, 3.63) is 116 Å². The zero-order valence-corrected chi connectivity index (χ0v) is 52.6. The smallest absolute Gasteiger partial charge is 0.277 e. The lowest BCUT2D eigenvalue weighted by Gasteiger charge is -2.32. The number of amides is 4. The molecule has 0 aliphatic carbocycles. The summed E-state index contributed by atoms with van der Waals surface area (Å²) in [5, 5.41) is 21.5. The van der Waals surface area contributed by atoms with Crippen LogP contribution in [-0.2, 0) is 49.2 Å². The van der Waals surface area contributed by atoms with Crippen LogP contribution in [0.2, 0.25) is 5.02 Å². The summed E-state index contributed by atoms with van der Waals surface area (Å²) in [6, 6.07) is 10.4. The topological polar surface area (TPSA) is 270 Å². The summed E-state index contributed by atoms with van der Waals surface area (Å²) < 4.78 is 37.7. The monoisotopic (exact) mass is 1240 g/mol. The van der Waals surface area contributed by atoms with Gasteiger partial charge in [-0.3, -0.25) is 28.7 Å². The van der Waals surface area contributed by atoms with E-state index in [0.29, 0.717) is 140 Å². The molecule has 87 heavy (non-hydrogen) atoms. The van der Waals surface area contributed by atoms with Gasteiger partial charge in [0.05, 0.1) is 109 Å². The number of hydrogen-bond acceptors (Lipinski definition) is 19. The number of carbonyl (C=O) groups excluding carboxylic acids is 4. The number of rotatable bonds is 32. The summed E-state index contributed by atoms with van der Waals surface area (Å²) in [4.78, 5) is 73.3. The maximum atomic E-state index is 13.9. The van der Waals surface area contributed by atoms with Crippen LogP contribution in [0.5, 0.6) is 0 Å². The number of benzene rings is 2. The zero-order valence-electron chi connectivity index (χ0n) is 51.1. The highest BCUT2D eigenvalue weighted by Gasteiger charge is 2.33. The third-order valence-electron chi connectivity index (χ3n) is 15.2. The largest absolute Gasteiger partial charge is 0.383 e. The fourth-order valence-corrected chi connectivity index (χ4v) is 11.4. The Morgan fingerprint density at radius 3 is 2.13 bits per heavy atom. The third-order valence-corrected chi connectivity index (χ3v) is 16.7. The van der Waals surface area contributed by atoms with Gasteiger partial charge in [0.25, 0.3) is 5.91 Å². The number of nitrogens with zero attached hydrogens (tertiary/aromatic N) is 11. The summed E-state index contributed by atoms with van der Waals surface area (Å²) >= 11 is 7.91. The van der Waals surface area contributed by atoms with E-state index in [1.165, 1.54) is 11.2 Å². The Balaban J connectivity index is 0.622. The molecule has 4 N–H and O–H groups in total. The first kappa shape index (κ1) is 65.9. The second-order valence-corrected chi connectivity index (χ2v) is 23.2. The number of hydrogen-bond donors (Lipinski definition) is 3. The minimum atomic E-state index is -0.551. The molecule has 0 bridgehead atoms. The molecular weight excluding hydrogens is 1160 g/mol. The molecule has 6 aromatic rings. The van der Waals surface area contributed by atoms with Gasteiger partial charge in [0.1, 0.15) is 29.0 Å². The van der Waals surface area contributed by atoms with Gasteiger partial charge in [0, 0.05) is 79.6 Å². The molecule has 0 unspecified atom stereocenters. The molecular formula is C61H81ClN14O10S. The van der Waals surface area contributed by atoms with Gasteiger partial charge < -0.3 is 59.5 Å². The van der Waals surface area contributed by atoms with Crippen molar-refractivity contribution in [2.24, 2.45) is 4.99 Å². The van der Waals surface area contributed by atoms with E-state index in [2.05, 4.69) is 49.5 Å².